The third-order valence-electron chi connectivity index (χ3n) is 1.69. The zero-order valence-corrected chi connectivity index (χ0v) is 8.44. The standard InChI is InChI=1S/C10H11NO4/c1-6(12)15-7-3-4-9(11)8(5-7)10(13)14-2/h3-5H,11H2,1-2H3. The average Bonchev–Trinajstić information content (AvgIpc) is 2.19. The molecule has 0 saturated heterocycles. The first-order valence-electron chi connectivity index (χ1n) is 4.21. The maximum absolute atomic E-state index is 11.2. The van der Waals surface area contributed by atoms with Crippen LogP contribution in [-0.2, 0) is 9.53 Å². The third kappa shape index (κ3) is 2.70. The molecule has 0 aliphatic rings. The molecule has 1 aromatic carbocycles. The molecule has 0 heterocycles. The molecule has 0 atom stereocenters. The Morgan fingerprint density at radius 1 is 1.33 bits per heavy atom. The molecular weight excluding hydrogens is 198 g/mol. The molecule has 0 aliphatic carbocycles. The molecule has 80 valence electrons. The summed E-state index contributed by atoms with van der Waals surface area (Å²) in [7, 11) is 1.25. The number of rotatable bonds is 2. The van der Waals surface area contributed by atoms with E-state index in [2.05, 4.69) is 4.74 Å². The van der Waals surface area contributed by atoms with Crippen LogP contribution in [0, 0.1) is 0 Å². The predicted octanol–water partition coefficient (Wildman–Crippen LogP) is 0.981. The van der Waals surface area contributed by atoms with Crippen molar-refractivity contribution in [3.8, 4) is 5.75 Å². The largest absolute Gasteiger partial charge is 0.465 e. The summed E-state index contributed by atoms with van der Waals surface area (Å²) in [5.74, 6) is -0.769. The van der Waals surface area contributed by atoms with Gasteiger partial charge in [-0.2, -0.15) is 0 Å². The maximum Gasteiger partial charge on any atom is 0.340 e. The van der Waals surface area contributed by atoms with Crippen LogP contribution in [0.2, 0.25) is 0 Å². The Labute approximate surface area is 86.8 Å². The van der Waals surface area contributed by atoms with Crippen LogP contribution in [0.3, 0.4) is 0 Å². The predicted molar refractivity (Wildman–Crippen MR) is 53.5 cm³/mol. The number of esters is 2. The number of carbonyl (C=O) groups is 2. The van der Waals surface area contributed by atoms with Gasteiger partial charge in [0.25, 0.3) is 0 Å². The Morgan fingerprint density at radius 2 is 2.00 bits per heavy atom. The lowest BCUT2D eigenvalue weighted by molar-refractivity contribution is -0.131. The van der Waals surface area contributed by atoms with Crippen LogP contribution in [-0.4, -0.2) is 19.0 Å². The molecule has 2 N–H and O–H groups in total. The number of hydrogen-bond donors (Lipinski definition) is 1. The van der Waals surface area contributed by atoms with Gasteiger partial charge in [-0.05, 0) is 18.2 Å². The van der Waals surface area contributed by atoms with E-state index in [0.717, 1.165) is 0 Å². The second kappa shape index (κ2) is 4.45. The molecule has 1 rings (SSSR count). The Balaban J connectivity index is 3.05. The fraction of sp³-hybridized carbons (Fsp3) is 0.200. The molecule has 0 aromatic heterocycles. The van der Waals surface area contributed by atoms with Crippen LogP contribution in [0.4, 0.5) is 5.69 Å². The van der Waals surface area contributed by atoms with Gasteiger partial charge in [0.1, 0.15) is 5.75 Å². The van der Waals surface area contributed by atoms with Crippen LogP contribution in [0.1, 0.15) is 17.3 Å². The molecule has 0 spiro atoms. The molecule has 5 heteroatoms. The minimum Gasteiger partial charge on any atom is -0.465 e. The zero-order chi connectivity index (χ0) is 11.4. The lowest BCUT2D eigenvalue weighted by atomic mass is 10.2. The lowest BCUT2D eigenvalue weighted by Gasteiger charge is -2.06. The third-order valence-corrected chi connectivity index (χ3v) is 1.69. The zero-order valence-electron chi connectivity index (χ0n) is 8.44. The van der Waals surface area contributed by atoms with Gasteiger partial charge >= 0.3 is 11.9 Å². The molecule has 0 aliphatic heterocycles. The molecular formula is C10H11NO4. The van der Waals surface area contributed by atoms with E-state index >= 15 is 0 Å². The Bertz CT molecular complexity index is 400. The first kappa shape index (κ1) is 11.0. The van der Waals surface area contributed by atoms with Crippen molar-refractivity contribution in [1.82, 2.24) is 0 Å². The number of nitrogen functional groups attached to an aromatic ring is 1. The van der Waals surface area contributed by atoms with Crippen molar-refractivity contribution in [2.24, 2.45) is 0 Å². The summed E-state index contributed by atoms with van der Waals surface area (Å²) in [5.41, 5.74) is 6.01. The van der Waals surface area contributed by atoms with E-state index in [4.69, 9.17) is 10.5 Å². The highest BCUT2D eigenvalue weighted by atomic mass is 16.5. The van der Waals surface area contributed by atoms with E-state index in [1.54, 1.807) is 0 Å². The van der Waals surface area contributed by atoms with Gasteiger partial charge in [0, 0.05) is 12.6 Å². The van der Waals surface area contributed by atoms with E-state index in [-0.39, 0.29) is 17.0 Å². The van der Waals surface area contributed by atoms with Crippen LogP contribution >= 0.6 is 0 Å². The van der Waals surface area contributed by atoms with Gasteiger partial charge < -0.3 is 15.2 Å². The van der Waals surface area contributed by atoms with Crippen molar-refractivity contribution < 1.29 is 19.1 Å². The van der Waals surface area contributed by atoms with Crippen molar-refractivity contribution in [3.63, 3.8) is 0 Å². The van der Waals surface area contributed by atoms with Gasteiger partial charge in [0.2, 0.25) is 0 Å². The smallest absolute Gasteiger partial charge is 0.340 e. The number of hydrogen-bond acceptors (Lipinski definition) is 5. The molecule has 5 nitrogen and oxygen atoms in total. The summed E-state index contributed by atoms with van der Waals surface area (Å²) < 4.78 is 9.32. The van der Waals surface area contributed by atoms with Crippen molar-refractivity contribution in [2.75, 3.05) is 12.8 Å². The fourth-order valence-corrected chi connectivity index (χ4v) is 1.05. The van der Waals surface area contributed by atoms with E-state index in [0.29, 0.717) is 0 Å². The topological polar surface area (TPSA) is 78.6 Å². The first-order chi connectivity index (χ1) is 7.04. The number of benzene rings is 1. The SMILES string of the molecule is COC(=O)c1cc(OC(C)=O)ccc1N. The molecule has 0 bridgehead atoms. The van der Waals surface area contributed by atoms with Crippen LogP contribution in [0.15, 0.2) is 18.2 Å². The van der Waals surface area contributed by atoms with Gasteiger partial charge in [0.05, 0.1) is 12.7 Å². The van der Waals surface area contributed by atoms with Crippen molar-refractivity contribution in [3.05, 3.63) is 23.8 Å². The van der Waals surface area contributed by atoms with Gasteiger partial charge in [-0.15, -0.1) is 0 Å². The van der Waals surface area contributed by atoms with Gasteiger partial charge in [-0.1, -0.05) is 0 Å². The van der Waals surface area contributed by atoms with Gasteiger partial charge in [-0.3, -0.25) is 4.79 Å². The molecule has 0 unspecified atom stereocenters. The van der Waals surface area contributed by atoms with Gasteiger partial charge in [-0.25, -0.2) is 4.79 Å². The number of anilines is 1. The Hall–Kier alpha value is -2.04. The highest BCUT2D eigenvalue weighted by Gasteiger charge is 2.11. The summed E-state index contributed by atoms with van der Waals surface area (Å²) >= 11 is 0. The monoisotopic (exact) mass is 209 g/mol. The van der Waals surface area contributed by atoms with E-state index < -0.39 is 11.9 Å². The molecule has 0 saturated carbocycles. The van der Waals surface area contributed by atoms with E-state index in [9.17, 15) is 9.59 Å². The molecule has 0 fully saturated rings. The highest BCUT2D eigenvalue weighted by Crippen LogP contribution is 2.20. The van der Waals surface area contributed by atoms with Crippen LogP contribution in [0.5, 0.6) is 5.75 Å². The number of carbonyl (C=O) groups excluding carboxylic acids is 2. The molecule has 1 aromatic rings. The highest BCUT2D eigenvalue weighted by molar-refractivity contribution is 5.95. The maximum atomic E-state index is 11.2. The van der Waals surface area contributed by atoms with Crippen molar-refractivity contribution in [2.45, 2.75) is 6.92 Å². The quantitative estimate of drug-likeness (QED) is 0.446. The minimum absolute atomic E-state index is 0.177. The summed E-state index contributed by atoms with van der Waals surface area (Å²) in [5, 5.41) is 0. The second-order valence-corrected chi connectivity index (χ2v) is 2.83. The number of nitrogens with two attached hydrogens (primary N) is 1. The Kier molecular flexibility index (Phi) is 3.28. The second-order valence-electron chi connectivity index (χ2n) is 2.83. The van der Waals surface area contributed by atoms with Crippen molar-refractivity contribution in [1.29, 1.82) is 0 Å². The van der Waals surface area contributed by atoms with E-state index in [1.165, 1.54) is 32.2 Å². The number of ether oxygens (including phenoxy) is 2. The average molecular weight is 209 g/mol. The van der Waals surface area contributed by atoms with E-state index in [1.807, 2.05) is 0 Å². The number of methoxy groups -OCH3 is 1. The lowest BCUT2D eigenvalue weighted by Crippen LogP contribution is -2.07. The van der Waals surface area contributed by atoms with Gasteiger partial charge in [0.15, 0.2) is 0 Å². The molecule has 15 heavy (non-hydrogen) atoms. The fourth-order valence-electron chi connectivity index (χ4n) is 1.05. The summed E-state index contributed by atoms with van der Waals surface area (Å²) in [6.45, 7) is 1.27. The van der Waals surface area contributed by atoms with Crippen LogP contribution < -0.4 is 10.5 Å². The first-order valence-corrected chi connectivity index (χ1v) is 4.21. The molecule has 0 amide bonds. The van der Waals surface area contributed by atoms with Crippen molar-refractivity contribution >= 4 is 17.6 Å². The normalized spacial score (nSPS) is 9.47. The molecule has 0 radical (unpaired) electrons. The summed E-state index contributed by atoms with van der Waals surface area (Å²) in [6, 6.07) is 4.34. The van der Waals surface area contributed by atoms with Crippen LogP contribution in [0.25, 0.3) is 0 Å². The summed E-state index contributed by atoms with van der Waals surface area (Å²) in [4.78, 5) is 21.9. The Morgan fingerprint density at radius 3 is 2.53 bits per heavy atom. The summed E-state index contributed by atoms with van der Waals surface area (Å²) in [6.07, 6.45) is 0. The minimum atomic E-state index is -0.568.